The maximum atomic E-state index is 13.7. The SMILES string of the molecule is CCS(=O)(=O)N(CC(=O)N(Cc1ccc(Cl)c(Cl)c1)C(C)C(=O)NCC(C)C)c1ccc2c(c1)OCCO2. The van der Waals surface area contributed by atoms with E-state index < -0.39 is 28.5 Å². The molecule has 0 radical (unpaired) electrons. The van der Waals surface area contributed by atoms with Crippen molar-refractivity contribution in [1.29, 1.82) is 0 Å². The molecule has 1 atom stereocenters. The number of benzene rings is 2. The number of fused-ring (bicyclic) bond motifs is 1. The number of nitrogens with one attached hydrogen (secondary N) is 1. The monoisotopic (exact) mass is 585 g/mol. The lowest BCUT2D eigenvalue weighted by molar-refractivity contribution is -0.139. The number of nitrogens with zero attached hydrogens (tertiary/aromatic N) is 2. The van der Waals surface area contributed by atoms with Crippen LogP contribution in [-0.4, -0.2) is 63.2 Å². The number of rotatable bonds is 11. The first-order chi connectivity index (χ1) is 17.9. The maximum absolute atomic E-state index is 13.7. The lowest BCUT2D eigenvalue weighted by Gasteiger charge is -2.32. The standard InChI is InChI=1S/C26H33Cl2N3O6S/c1-5-38(34,35)31(20-7-9-23-24(13-20)37-11-10-36-23)16-25(32)30(18(4)26(33)29-14-17(2)3)15-19-6-8-21(27)22(28)12-19/h6-9,12-13,17-18H,5,10-11,14-16H2,1-4H3,(H,29,33). The summed E-state index contributed by atoms with van der Waals surface area (Å²) < 4.78 is 38.4. The van der Waals surface area contributed by atoms with Crippen molar-refractivity contribution in [3.05, 3.63) is 52.0 Å². The maximum Gasteiger partial charge on any atom is 0.244 e. The van der Waals surface area contributed by atoms with Crippen LogP contribution in [0.15, 0.2) is 36.4 Å². The van der Waals surface area contributed by atoms with Crippen molar-refractivity contribution in [1.82, 2.24) is 10.2 Å². The summed E-state index contributed by atoms with van der Waals surface area (Å²) in [5, 5.41) is 3.50. The first-order valence-corrected chi connectivity index (χ1v) is 14.7. The number of anilines is 1. The summed E-state index contributed by atoms with van der Waals surface area (Å²) in [7, 11) is -3.87. The number of halogens is 2. The molecule has 12 heteroatoms. The third kappa shape index (κ3) is 7.45. The molecule has 2 aromatic rings. The van der Waals surface area contributed by atoms with Crippen LogP contribution in [0.4, 0.5) is 5.69 Å². The molecule has 2 aromatic carbocycles. The van der Waals surface area contributed by atoms with Gasteiger partial charge in [-0.1, -0.05) is 43.1 Å². The molecule has 0 aromatic heterocycles. The van der Waals surface area contributed by atoms with E-state index in [9.17, 15) is 18.0 Å². The van der Waals surface area contributed by atoms with Crippen LogP contribution in [0.1, 0.15) is 33.3 Å². The van der Waals surface area contributed by atoms with Crippen molar-refractivity contribution >= 4 is 50.7 Å². The van der Waals surface area contributed by atoms with Gasteiger partial charge < -0.3 is 19.7 Å². The van der Waals surface area contributed by atoms with Crippen molar-refractivity contribution in [3.8, 4) is 11.5 Å². The van der Waals surface area contributed by atoms with E-state index >= 15 is 0 Å². The summed E-state index contributed by atoms with van der Waals surface area (Å²) in [5.41, 5.74) is 0.899. The van der Waals surface area contributed by atoms with Gasteiger partial charge in [0.25, 0.3) is 0 Å². The minimum Gasteiger partial charge on any atom is -0.486 e. The highest BCUT2D eigenvalue weighted by molar-refractivity contribution is 7.92. The molecule has 1 heterocycles. The minimum atomic E-state index is -3.87. The van der Waals surface area contributed by atoms with E-state index in [-0.39, 0.29) is 29.8 Å². The molecule has 1 aliphatic rings. The van der Waals surface area contributed by atoms with Crippen LogP contribution in [0.5, 0.6) is 11.5 Å². The molecule has 0 aliphatic carbocycles. The summed E-state index contributed by atoms with van der Waals surface area (Å²) in [4.78, 5) is 28.0. The Hall–Kier alpha value is -2.69. The molecular weight excluding hydrogens is 553 g/mol. The van der Waals surface area contributed by atoms with Gasteiger partial charge in [0.1, 0.15) is 25.8 Å². The Morgan fingerprint density at radius 2 is 1.68 bits per heavy atom. The van der Waals surface area contributed by atoms with Crippen LogP contribution in [0, 0.1) is 5.92 Å². The molecule has 3 rings (SSSR count). The number of carbonyl (C=O) groups excluding carboxylic acids is 2. The second-order valence-corrected chi connectivity index (χ2v) is 12.3. The summed E-state index contributed by atoms with van der Waals surface area (Å²) in [6, 6.07) is 8.75. The van der Waals surface area contributed by atoms with E-state index in [1.807, 2.05) is 13.8 Å². The fourth-order valence-corrected chi connectivity index (χ4v) is 5.15. The van der Waals surface area contributed by atoms with E-state index in [2.05, 4.69) is 5.32 Å². The first-order valence-electron chi connectivity index (χ1n) is 12.3. The first kappa shape index (κ1) is 29.9. The van der Waals surface area contributed by atoms with Crippen LogP contribution >= 0.6 is 23.2 Å². The topological polar surface area (TPSA) is 105 Å². The Morgan fingerprint density at radius 3 is 2.32 bits per heavy atom. The Kier molecular flexibility index (Phi) is 10.1. The van der Waals surface area contributed by atoms with Gasteiger partial charge in [-0.2, -0.15) is 0 Å². The predicted molar refractivity (Wildman–Crippen MR) is 149 cm³/mol. The normalized spacial score (nSPS) is 13.7. The molecule has 38 heavy (non-hydrogen) atoms. The molecule has 0 saturated carbocycles. The summed E-state index contributed by atoms with van der Waals surface area (Å²) in [6.07, 6.45) is 0. The molecule has 208 valence electrons. The summed E-state index contributed by atoms with van der Waals surface area (Å²) in [6.45, 7) is 7.69. The van der Waals surface area contributed by atoms with Crippen LogP contribution in [0.25, 0.3) is 0 Å². The molecule has 1 unspecified atom stereocenters. The van der Waals surface area contributed by atoms with E-state index in [1.54, 1.807) is 37.3 Å². The number of ether oxygens (including phenoxy) is 2. The van der Waals surface area contributed by atoms with E-state index in [1.165, 1.54) is 17.9 Å². The van der Waals surface area contributed by atoms with Gasteiger partial charge in [-0.3, -0.25) is 13.9 Å². The van der Waals surface area contributed by atoms with Gasteiger partial charge in [-0.05, 0) is 49.6 Å². The fraction of sp³-hybridized carbons (Fsp3) is 0.462. The van der Waals surface area contributed by atoms with Crippen molar-refractivity contribution < 1.29 is 27.5 Å². The van der Waals surface area contributed by atoms with Gasteiger partial charge in [0, 0.05) is 19.2 Å². The molecule has 0 bridgehead atoms. The Bertz CT molecular complexity index is 1270. The average Bonchev–Trinajstić information content (AvgIpc) is 2.89. The highest BCUT2D eigenvalue weighted by Crippen LogP contribution is 2.35. The molecule has 1 N–H and O–H groups in total. The molecule has 2 amide bonds. The Morgan fingerprint density at radius 1 is 1.00 bits per heavy atom. The van der Waals surface area contributed by atoms with Crippen molar-refractivity contribution in [2.45, 2.75) is 40.3 Å². The fourth-order valence-electron chi connectivity index (χ4n) is 3.78. The van der Waals surface area contributed by atoms with Crippen LogP contribution in [0.2, 0.25) is 10.0 Å². The lowest BCUT2D eigenvalue weighted by Crippen LogP contribution is -2.51. The largest absolute Gasteiger partial charge is 0.486 e. The molecule has 0 fully saturated rings. The second kappa shape index (κ2) is 12.9. The highest BCUT2D eigenvalue weighted by Gasteiger charge is 2.31. The zero-order valence-electron chi connectivity index (χ0n) is 21.9. The van der Waals surface area contributed by atoms with E-state index in [4.69, 9.17) is 32.7 Å². The smallest absolute Gasteiger partial charge is 0.244 e. The van der Waals surface area contributed by atoms with Crippen molar-refractivity contribution in [2.75, 3.05) is 36.4 Å². The van der Waals surface area contributed by atoms with Gasteiger partial charge >= 0.3 is 0 Å². The number of hydrogen-bond donors (Lipinski definition) is 1. The molecule has 1 aliphatic heterocycles. The molecule has 0 saturated heterocycles. The number of hydrogen-bond acceptors (Lipinski definition) is 6. The lowest BCUT2D eigenvalue weighted by atomic mass is 10.1. The average molecular weight is 587 g/mol. The zero-order chi connectivity index (χ0) is 28.0. The minimum absolute atomic E-state index is 0.0210. The zero-order valence-corrected chi connectivity index (χ0v) is 24.2. The third-order valence-corrected chi connectivity index (χ3v) is 8.46. The highest BCUT2D eigenvalue weighted by atomic mass is 35.5. The number of carbonyl (C=O) groups is 2. The van der Waals surface area contributed by atoms with Gasteiger partial charge in [0.2, 0.25) is 21.8 Å². The van der Waals surface area contributed by atoms with Crippen molar-refractivity contribution in [3.63, 3.8) is 0 Å². The summed E-state index contributed by atoms with van der Waals surface area (Å²) in [5.74, 6) is -0.0351. The molecule has 0 spiro atoms. The Balaban J connectivity index is 1.94. The van der Waals surface area contributed by atoms with E-state index in [0.717, 1.165) is 4.31 Å². The number of sulfonamides is 1. The number of amides is 2. The van der Waals surface area contributed by atoms with Crippen LogP contribution in [-0.2, 0) is 26.2 Å². The van der Waals surface area contributed by atoms with Crippen molar-refractivity contribution in [2.24, 2.45) is 5.92 Å². The van der Waals surface area contributed by atoms with Gasteiger partial charge in [-0.15, -0.1) is 0 Å². The van der Waals surface area contributed by atoms with Gasteiger partial charge in [0.05, 0.1) is 21.5 Å². The van der Waals surface area contributed by atoms with Gasteiger partial charge in [-0.25, -0.2) is 8.42 Å². The quantitative estimate of drug-likeness (QED) is 0.425. The second-order valence-electron chi connectivity index (χ2n) is 9.32. The predicted octanol–water partition coefficient (Wildman–Crippen LogP) is 4.11. The van der Waals surface area contributed by atoms with Crippen LogP contribution in [0.3, 0.4) is 0 Å². The van der Waals surface area contributed by atoms with Crippen LogP contribution < -0.4 is 19.1 Å². The molecular formula is C26H33Cl2N3O6S. The van der Waals surface area contributed by atoms with Gasteiger partial charge in [0.15, 0.2) is 11.5 Å². The Labute approximate surface area is 234 Å². The summed E-state index contributed by atoms with van der Waals surface area (Å²) >= 11 is 12.2. The van der Waals surface area contributed by atoms with E-state index in [0.29, 0.717) is 46.9 Å². The molecule has 9 nitrogen and oxygen atoms in total. The third-order valence-electron chi connectivity index (χ3n) is 5.98.